The van der Waals surface area contributed by atoms with Gasteiger partial charge in [0.25, 0.3) is 11.1 Å². The number of benzene rings is 3. The molecule has 2 heterocycles. The normalized spacial score (nSPS) is 15.5. The van der Waals surface area contributed by atoms with Crippen LogP contribution in [0.15, 0.2) is 94.3 Å². The maximum Gasteiger partial charge on any atom is 0.293 e. The van der Waals surface area contributed by atoms with Crippen LogP contribution in [0.3, 0.4) is 0 Å². The predicted molar refractivity (Wildman–Crippen MR) is 120 cm³/mol. The van der Waals surface area contributed by atoms with E-state index in [4.69, 9.17) is 4.42 Å². The maximum atomic E-state index is 12.8. The first-order valence-corrected chi connectivity index (χ1v) is 10.4. The van der Waals surface area contributed by atoms with Crippen LogP contribution in [-0.2, 0) is 11.3 Å². The fraction of sp³-hybridized carbons (Fsp3) is 0.0400. The van der Waals surface area contributed by atoms with Crippen molar-refractivity contribution >= 4 is 39.8 Å². The van der Waals surface area contributed by atoms with Crippen molar-refractivity contribution in [2.45, 2.75) is 6.54 Å². The molecule has 4 aromatic rings. The molecule has 1 saturated heterocycles. The summed E-state index contributed by atoms with van der Waals surface area (Å²) in [5.41, 5.74) is 1.88. The zero-order valence-corrected chi connectivity index (χ0v) is 16.8. The number of carbonyl (C=O) groups is 2. The molecule has 0 spiro atoms. The van der Waals surface area contributed by atoms with Crippen LogP contribution in [0.4, 0.5) is 4.79 Å². The summed E-state index contributed by atoms with van der Waals surface area (Å²) in [5, 5.41) is 1.94. The lowest BCUT2D eigenvalue weighted by molar-refractivity contribution is -0.123. The van der Waals surface area contributed by atoms with Gasteiger partial charge >= 0.3 is 0 Å². The van der Waals surface area contributed by atoms with E-state index in [-0.39, 0.29) is 17.7 Å². The molecule has 0 unspecified atom stereocenters. The minimum Gasteiger partial charge on any atom is -0.457 e. The minimum atomic E-state index is -0.296. The van der Waals surface area contributed by atoms with Gasteiger partial charge in [0.1, 0.15) is 11.5 Å². The average molecular weight is 411 g/mol. The quantitative estimate of drug-likeness (QED) is 0.368. The third kappa shape index (κ3) is 3.55. The second-order valence-corrected chi connectivity index (χ2v) is 8.01. The Balaban J connectivity index is 1.36. The van der Waals surface area contributed by atoms with Crippen molar-refractivity contribution in [1.82, 2.24) is 4.90 Å². The van der Waals surface area contributed by atoms with Crippen LogP contribution in [0, 0.1) is 0 Å². The van der Waals surface area contributed by atoms with E-state index < -0.39 is 0 Å². The van der Waals surface area contributed by atoms with E-state index >= 15 is 0 Å². The van der Waals surface area contributed by atoms with Gasteiger partial charge in [0, 0.05) is 11.6 Å². The Labute approximate surface area is 177 Å². The molecule has 0 atom stereocenters. The Kier molecular flexibility index (Phi) is 4.73. The van der Waals surface area contributed by atoms with Crippen LogP contribution in [0.5, 0.6) is 0 Å². The minimum absolute atomic E-state index is 0.250. The van der Waals surface area contributed by atoms with Crippen LogP contribution in [0.1, 0.15) is 11.3 Å². The standard InChI is InChI=1S/C25H17NO3S/c27-24-23(15-21-12-13-22(29-21)19-7-2-1-3-8-19)30-25(28)26(24)16-17-10-11-18-6-4-5-9-20(18)14-17/h1-15H,16H2/b23-15-. The molecule has 0 aliphatic carbocycles. The molecule has 1 aliphatic heterocycles. The number of thioether (sulfide) groups is 1. The first kappa shape index (κ1) is 18.5. The van der Waals surface area contributed by atoms with Crippen LogP contribution in [0.2, 0.25) is 0 Å². The topological polar surface area (TPSA) is 50.5 Å². The zero-order chi connectivity index (χ0) is 20.5. The van der Waals surface area contributed by atoms with Gasteiger partial charge in [-0.1, -0.05) is 66.7 Å². The second kappa shape index (κ2) is 7.69. The SMILES string of the molecule is O=C1S/C(=C\c2ccc(-c3ccccc3)o2)C(=O)N1Cc1ccc2ccccc2c1. The summed E-state index contributed by atoms with van der Waals surface area (Å²) in [4.78, 5) is 27.0. The smallest absolute Gasteiger partial charge is 0.293 e. The number of nitrogens with zero attached hydrogens (tertiary/aromatic N) is 1. The summed E-state index contributed by atoms with van der Waals surface area (Å²) < 4.78 is 5.85. The van der Waals surface area contributed by atoms with Gasteiger partial charge in [-0.25, -0.2) is 0 Å². The van der Waals surface area contributed by atoms with Crippen LogP contribution >= 0.6 is 11.8 Å². The molecule has 146 valence electrons. The number of hydrogen-bond donors (Lipinski definition) is 0. The fourth-order valence-corrected chi connectivity index (χ4v) is 4.29. The highest BCUT2D eigenvalue weighted by Gasteiger charge is 2.35. The molecule has 1 fully saturated rings. The van der Waals surface area contributed by atoms with Crippen molar-refractivity contribution in [3.8, 4) is 11.3 Å². The third-order valence-electron chi connectivity index (χ3n) is 4.99. The van der Waals surface area contributed by atoms with E-state index in [1.165, 1.54) is 4.90 Å². The number of furan rings is 1. The van der Waals surface area contributed by atoms with Gasteiger partial charge in [-0.05, 0) is 46.3 Å². The number of rotatable bonds is 4. The fourth-order valence-electron chi connectivity index (χ4n) is 3.47. The Hall–Kier alpha value is -3.57. The van der Waals surface area contributed by atoms with Gasteiger partial charge in [0.2, 0.25) is 0 Å². The molecule has 3 aromatic carbocycles. The number of imide groups is 1. The van der Waals surface area contributed by atoms with Gasteiger partial charge in [0.05, 0.1) is 11.4 Å². The summed E-state index contributed by atoms with van der Waals surface area (Å²) in [6.07, 6.45) is 1.64. The summed E-state index contributed by atoms with van der Waals surface area (Å²) >= 11 is 0.943. The molecular weight excluding hydrogens is 394 g/mol. The summed E-state index contributed by atoms with van der Waals surface area (Å²) in [6.45, 7) is 0.250. The molecular formula is C25H17NO3S. The molecule has 0 saturated carbocycles. The first-order valence-electron chi connectivity index (χ1n) is 9.56. The van der Waals surface area contributed by atoms with Crippen molar-refractivity contribution < 1.29 is 14.0 Å². The largest absolute Gasteiger partial charge is 0.457 e. The molecule has 5 heteroatoms. The maximum absolute atomic E-state index is 12.8. The van der Waals surface area contributed by atoms with E-state index in [9.17, 15) is 9.59 Å². The molecule has 0 radical (unpaired) electrons. The predicted octanol–water partition coefficient (Wildman–Crippen LogP) is 6.34. The number of fused-ring (bicyclic) bond motifs is 1. The van der Waals surface area contributed by atoms with Crippen LogP contribution in [-0.4, -0.2) is 16.0 Å². The molecule has 5 rings (SSSR count). The highest BCUT2D eigenvalue weighted by atomic mass is 32.2. The van der Waals surface area contributed by atoms with Gasteiger partial charge < -0.3 is 4.42 Å². The van der Waals surface area contributed by atoms with Crippen molar-refractivity contribution in [1.29, 1.82) is 0 Å². The van der Waals surface area contributed by atoms with E-state index in [2.05, 4.69) is 0 Å². The summed E-state index contributed by atoms with van der Waals surface area (Å²) in [5.74, 6) is 0.970. The highest BCUT2D eigenvalue weighted by Crippen LogP contribution is 2.34. The van der Waals surface area contributed by atoms with E-state index in [1.807, 2.05) is 78.9 Å². The molecule has 1 aliphatic rings. The van der Waals surface area contributed by atoms with Crippen molar-refractivity contribution in [2.75, 3.05) is 0 Å². The number of amides is 2. The van der Waals surface area contributed by atoms with E-state index in [0.29, 0.717) is 10.7 Å². The lowest BCUT2D eigenvalue weighted by Crippen LogP contribution is -2.27. The Bertz CT molecular complexity index is 1290. The molecule has 30 heavy (non-hydrogen) atoms. The summed E-state index contributed by atoms with van der Waals surface area (Å²) in [7, 11) is 0. The monoisotopic (exact) mass is 411 g/mol. The van der Waals surface area contributed by atoms with E-state index in [1.54, 1.807) is 12.1 Å². The van der Waals surface area contributed by atoms with Crippen molar-refractivity contribution in [2.24, 2.45) is 0 Å². The molecule has 0 N–H and O–H groups in total. The lowest BCUT2D eigenvalue weighted by atomic mass is 10.1. The lowest BCUT2D eigenvalue weighted by Gasteiger charge is -2.13. The number of carbonyl (C=O) groups excluding carboxylic acids is 2. The second-order valence-electron chi connectivity index (χ2n) is 7.02. The van der Waals surface area contributed by atoms with Gasteiger partial charge in [0.15, 0.2) is 0 Å². The van der Waals surface area contributed by atoms with Gasteiger partial charge in [-0.2, -0.15) is 0 Å². The molecule has 0 bridgehead atoms. The van der Waals surface area contributed by atoms with E-state index in [0.717, 1.165) is 39.4 Å². The van der Waals surface area contributed by atoms with Crippen molar-refractivity contribution in [3.63, 3.8) is 0 Å². The Morgan fingerprint density at radius 2 is 1.60 bits per heavy atom. The Morgan fingerprint density at radius 3 is 2.43 bits per heavy atom. The summed E-state index contributed by atoms with van der Waals surface area (Å²) in [6, 6.07) is 27.4. The first-order chi connectivity index (χ1) is 14.7. The van der Waals surface area contributed by atoms with Crippen LogP contribution < -0.4 is 0 Å². The average Bonchev–Trinajstić information content (AvgIpc) is 3.35. The Morgan fingerprint density at radius 1 is 0.833 bits per heavy atom. The van der Waals surface area contributed by atoms with Crippen molar-refractivity contribution in [3.05, 3.63) is 101 Å². The van der Waals surface area contributed by atoms with Gasteiger partial charge in [-0.15, -0.1) is 0 Å². The van der Waals surface area contributed by atoms with Gasteiger partial charge in [-0.3, -0.25) is 14.5 Å². The highest BCUT2D eigenvalue weighted by molar-refractivity contribution is 8.18. The molecule has 2 amide bonds. The molecule has 4 nitrogen and oxygen atoms in total. The number of hydrogen-bond acceptors (Lipinski definition) is 4. The van der Waals surface area contributed by atoms with Crippen LogP contribution in [0.25, 0.3) is 28.2 Å². The molecule has 1 aromatic heterocycles. The zero-order valence-electron chi connectivity index (χ0n) is 15.9. The third-order valence-corrected chi connectivity index (χ3v) is 5.89.